The zero-order valence-electron chi connectivity index (χ0n) is 9.82. The van der Waals surface area contributed by atoms with Crippen LogP contribution in [0.15, 0.2) is 0 Å². The van der Waals surface area contributed by atoms with E-state index in [2.05, 4.69) is 0 Å². The number of thiocarbonyl (C=S) groups is 1. The molecule has 0 aliphatic carbocycles. The van der Waals surface area contributed by atoms with Gasteiger partial charge in [0.25, 0.3) is 0 Å². The van der Waals surface area contributed by atoms with Crippen LogP contribution in [-0.2, 0) is 4.79 Å². The first kappa shape index (κ1) is 14.3. The van der Waals surface area contributed by atoms with Crippen LogP contribution in [0.25, 0.3) is 0 Å². The van der Waals surface area contributed by atoms with Gasteiger partial charge in [-0.25, -0.2) is 0 Å². The summed E-state index contributed by atoms with van der Waals surface area (Å²) in [4.78, 5) is 15.9. The molecule has 0 unspecified atom stereocenters. The number of carbonyl (C=O) groups excluding carboxylic acids is 1. The van der Waals surface area contributed by atoms with Gasteiger partial charge in [-0.2, -0.15) is 0 Å². The number of nitrogens with zero attached hydrogens (tertiary/aromatic N) is 2. The number of amides is 1. The van der Waals surface area contributed by atoms with Crippen LogP contribution < -0.4 is 5.73 Å². The molecule has 5 heteroatoms. The van der Waals surface area contributed by atoms with Crippen LogP contribution in [0.4, 0.5) is 0 Å². The largest absolute Gasteiger partial charge is 0.393 e. The van der Waals surface area contributed by atoms with E-state index in [4.69, 9.17) is 18.0 Å². The maximum Gasteiger partial charge on any atom is 0.236 e. The summed E-state index contributed by atoms with van der Waals surface area (Å²) in [6, 6.07) is 0. The number of carbonyl (C=O) groups is 1. The monoisotopic (exact) mass is 231 g/mol. The van der Waals surface area contributed by atoms with Crippen molar-refractivity contribution in [2.45, 2.75) is 20.3 Å². The Labute approximate surface area is 97.4 Å². The van der Waals surface area contributed by atoms with Gasteiger partial charge in [-0.15, -0.1) is 0 Å². The van der Waals surface area contributed by atoms with Gasteiger partial charge in [0.2, 0.25) is 5.91 Å². The Morgan fingerprint density at radius 1 is 1.33 bits per heavy atom. The number of nitrogens with two attached hydrogens (primary N) is 1. The van der Waals surface area contributed by atoms with E-state index in [0.717, 1.165) is 19.6 Å². The van der Waals surface area contributed by atoms with Gasteiger partial charge < -0.3 is 10.6 Å². The van der Waals surface area contributed by atoms with Crippen molar-refractivity contribution in [1.29, 1.82) is 0 Å². The molecule has 0 atom stereocenters. The van der Waals surface area contributed by atoms with E-state index in [0.29, 0.717) is 18.0 Å². The molecule has 88 valence electrons. The van der Waals surface area contributed by atoms with E-state index in [-0.39, 0.29) is 5.91 Å². The topological polar surface area (TPSA) is 49.6 Å². The lowest BCUT2D eigenvalue weighted by atomic mass is 10.3. The van der Waals surface area contributed by atoms with Gasteiger partial charge in [-0.3, -0.25) is 9.69 Å². The van der Waals surface area contributed by atoms with Crippen LogP contribution in [0.5, 0.6) is 0 Å². The Kier molecular flexibility index (Phi) is 7.25. The third-order valence-corrected chi connectivity index (χ3v) is 2.47. The predicted molar refractivity (Wildman–Crippen MR) is 66.8 cm³/mol. The molecule has 0 saturated heterocycles. The number of likely N-dealkylation sites (N-methyl/N-ethyl adjacent to an activating group) is 2. The van der Waals surface area contributed by atoms with Gasteiger partial charge in [-0.1, -0.05) is 12.2 Å². The summed E-state index contributed by atoms with van der Waals surface area (Å²) < 4.78 is 0. The van der Waals surface area contributed by atoms with E-state index in [1.54, 1.807) is 0 Å². The third-order valence-electron chi connectivity index (χ3n) is 2.26. The third kappa shape index (κ3) is 6.41. The Bertz CT molecular complexity index is 217. The van der Waals surface area contributed by atoms with Crippen molar-refractivity contribution >= 4 is 23.1 Å². The van der Waals surface area contributed by atoms with E-state index in [1.807, 2.05) is 30.7 Å². The fraction of sp³-hybridized carbons (Fsp3) is 0.800. The zero-order chi connectivity index (χ0) is 11.8. The van der Waals surface area contributed by atoms with Crippen LogP contribution in [0.1, 0.15) is 20.3 Å². The van der Waals surface area contributed by atoms with E-state index in [1.165, 1.54) is 0 Å². The molecule has 1 amide bonds. The van der Waals surface area contributed by atoms with Gasteiger partial charge in [0.15, 0.2) is 0 Å². The van der Waals surface area contributed by atoms with Gasteiger partial charge in [-0.05, 0) is 20.9 Å². The summed E-state index contributed by atoms with van der Waals surface area (Å²) in [5.74, 6) is 0.158. The minimum Gasteiger partial charge on any atom is -0.393 e. The molecule has 0 bridgehead atoms. The van der Waals surface area contributed by atoms with Crippen LogP contribution >= 0.6 is 12.2 Å². The van der Waals surface area contributed by atoms with Crippen molar-refractivity contribution in [3.63, 3.8) is 0 Å². The van der Waals surface area contributed by atoms with Crippen LogP contribution in [0.3, 0.4) is 0 Å². The lowest BCUT2D eigenvalue weighted by Gasteiger charge is -2.22. The molecule has 0 fully saturated rings. The van der Waals surface area contributed by atoms with Crippen molar-refractivity contribution in [1.82, 2.24) is 9.80 Å². The van der Waals surface area contributed by atoms with Crippen molar-refractivity contribution in [2.24, 2.45) is 5.73 Å². The lowest BCUT2D eigenvalue weighted by molar-refractivity contribution is -0.131. The highest BCUT2D eigenvalue weighted by Crippen LogP contribution is 1.93. The fourth-order valence-electron chi connectivity index (χ4n) is 1.29. The molecule has 0 aliphatic rings. The number of hydrogen-bond acceptors (Lipinski definition) is 3. The van der Waals surface area contributed by atoms with Crippen molar-refractivity contribution in [3.8, 4) is 0 Å². The molecule has 0 aliphatic heterocycles. The zero-order valence-corrected chi connectivity index (χ0v) is 10.6. The average molecular weight is 231 g/mol. The first-order valence-electron chi connectivity index (χ1n) is 5.25. The first-order chi connectivity index (χ1) is 7.01. The number of hydrogen-bond donors (Lipinski definition) is 1. The molecule has 15 heavy (non-hydrogen) atoms. The standard InChI is InChI=1S/C10H21N3OS/c1-4-13(5-2)10(14)8-12(3)7-6-9(11)15/h4-8H2,1-3H3,(H2,11,15). The molecule has 2 N–H and O–H groups in total. The predicted octanol–water partition coefficient (Wildman–Crippen LogP) is 0.463. The Morgan fingerprint density at radius 3 is 2.27 bits per heavy atom. The second-order valence-corrected chi connectivity index (χ2v) is 4.04. The quantitative estimate of drug-likeness (QED) is 0.647. The van der Waals surface area contributed by atoms with Gasteiger partial charge in [0.1, 0.15) is 0 Å². The SMILES string of the molecule is CCN(CC)C(=O)CN(C)CCC(N)=S. The van der Waals surface area contributed by atoms with Crippen molar-refractivity contribution < 1.29 is 4.79 Å². The highest BCUT2D eigenvalue weighted by atomic mass is 32.1. The summed E-state index contributed by atoms with van der Waals surface area (Å²) in [6.07, 6.45) is 0.664. The van der Waals surface area contributed by atoms with Gasteiger partial charge >= 0.3 is 0 Å². The Morgan fingerprint density at radius 2 is 1.87 bits per heavy atom. The molecule has 0 saturated carbocycles. The second-order valence-electron chi connectivity index (χ2n) is 3.52. The summed E-state index contributed by atoms with van der Waals surface area (Å²) >= 11 is 4.78. The maximum atomic E-state index is 11.7. The highest BCUT2D eigenvalue weighted by molar-refractivity contribution is 7.80. The van der Waals surface area contributed by atoms with Crippen LogP contribution in [0, 0.1) is 0 Å². The fourth-order valence-corrected chi connectivity index (χ4v) is 1.38. The van der Waals surface area contributed by atoms with Crippen LogP contribution in [-0.4, -0.2) is 53.9 Å². The molecular formula is C10H21N3OS. The smallest absolute Gasteiger partial charge is 0.236 e. The molecule has 4 nitrogen and oxygen atoms in total. The van der Waals surface area contributed by atoms with Crippen molar-refractivity contribution in [2.75, 3.05) is 33.2 Å². The molecule has 0 aromatic heterocycles. The summed E-state index contributed by atoms with van der Waals surface area (Å²) in [5, 5.41) is 0. The minimum absolute atomic E-state index is 0.158. The molecule has 0 heterocycles. The molecule has 0 spiro atoms. The normalized spacial score (nSPS) is 10.4. The summed E-state index contributed by atoms with van der Waals surface area (Å²) in [5.41, 5.74) is 5.39. The maximum absolute atomic E-state index is 11.7. The minimum atomic E-state index is 0.158. The van der Waals surface area contributed by atoms with Gasteiger partial charge in [0, 0.05) is 26.1 Å². The summed E-state index contributed by atoms with van der Waals surface area (Å²) in [7, 11) is 1.90. The Hall–Kier alpha value is -0.680. The molecular weight excluding hydrogens is 210 g/mol. The van der Waals surface area contributed by atoms with E-state index >= 15 is 0 Å². The molecule has 0 rings (SSSR count). The first-order valence-corrected chi connectivity index (χ1v) is 5.66. The van der Waals surface area contributed by atoms with Gasteiger partial charge in [0.05, 0.1) is 11.5 Å². The van der Waals surface area contributed by atoms with Crippen molar-refractivity contribution in [3.05, 3.63) is 0 Å². The highest BCUT2D eigenvalue weighted by Gasteiger charge is 2.11. The van der Waals surface area contributed by atoms with E-state index in [9.17, 15) is 4.79 Å². The number of rotatable bonds is 7. The Balaban J connectivity index is 3.89. The molecule has 0 radical (unpaired) electrons. The molecule has 0 aromatic carbocycles. The summed E-state index contributed by atoms with van der Waals surface area (Å²) in [6.45, 7) is 6.66. The average Bonchev–Trinajstić information content (AvgIpc) is 2.16. The second kappa shape index (κ2) is 7.59. The van der Waals surface area contributed by atoms with E-state index < -0.39 is 0 Å². The van der Waals surface area contributed by atoms with Crippen LogP contribution in [0.2, 0.25) is 0 Å². The lowest BCUT2D eigenvalue weighted by Crippen LogP contribution is -2.39. The molecule has 0 aromatic rings.